The molecule has 0 bridgehead atoms. The van der Waals surface area contributed by atoms with E-state index in [1.54, 1.807) is 0 Å². The van der Waals surface area contributed by atoms with Crippen molar-refractivity contribution in [3.8, 4) is 0 Å². The minimum atomic E-state index is -0.399. The summed E-state index contributed by atoms with van der Waals surface area (Å²) < 4.78 is 0. The second kappa shape index (κ2) is 16.9. The van der Waals surface area contributed by atoms with Gasteiger partial charge in [0.1, 0.15) is 0 Å². The molecule has 2 N–H and O–H groups in total. The molecule has 2 rings (SSSR count). The Morgan fingerprint density at radius 2 is 1.83 bits per heavy atom. The van der Waals surface area contributed by atoms with Gasteiger partial charge >= 0.3 is 0 Å². The van der Waals surface area contributed by atoms with Crippen LogP contribution in [-0.4, -0.2) is 21.7 Å². The standard InChI is InChI=1S/C23H34ClO2.C2H6.Y/c1-3-5-7-9-10-19-20(24)16-22(26)23(19)18-14-12-17(13-15-18)21(25)11-8-6-4-2;1-2;/h7,9,12-15,19-23,25-26H,1,3-6,8,10-11,16H2,2H3;1-2H3;/q-1;;/t19?,20-,21?,22-,23?;;/m1../s1. The Balaban J connectivity index is 0.00000253. The van der Waals surface area contributed by atoms with Gasteiger partial charge in [-0.25, -0.2) is 0 Å². The first-order valence-corrected chi connectivity index (χ1v) is 11.6. The van der Waals surface area contributed by atoms with Gasteiger partial charge in [0.05, 0.1) is 12.2 Å². The summed E-state index contributed by atoms with van der Waals surface area (Å²) in [6, 6.07) is 8.15. The first-order valence-electron chi connectivity index (χ1n) is 11.1. The maximum absolute atomic E-state index is 10.5. The largest absolute Gasteiger partial charge is 0.392 e. The molecular formula is C25H40ClO2Y-. The van der Waals surface area contributed by atoms with Gasteiger partial charge in [-0.3, -0.25) is 0 Å². The molecule has 1 fully saturated rings. The molecular weight excluding hydrogens is 457 g/mol. The Morgan fingerprint density at radius 3 is 2.41 bits per heavy atom. The van der Waals surface area contributed by atoms with Gasteiger partial charge in [-0.2, -0.15) is 6.42 Å². The third-order valence-corrected chi connectivity index (χ3v) is 6.04. The number of rotatable bonds is 10. The van der Waals surface area contributed by atoms with E-state index in [1.807, 2.05) is 26.0 Å². The van der Waals surface area contributed by atoms with Crippen molar-refractivity contribution in [2.24, 2.45) is 5.92 Å². The van der Waals surface area contributed by atoms with Gasteiger partial charge in [0.15, 0.2) is 0 Å². The Hall–Kier alpha value is 0.274. The number of hydrogen-bond acceptors (Lipinski definition) is 2. The number of alkyl halides is 1. The van der Waals surface area contributed by atoms with Gasteiger partial charge in [-0.15, -0.1) is 11.6 Å². The van der Waals surface area contributed by atoms with Crippen molar-refractivity contribution in [3.63, 3.8) is 0 Å². The normalized spacial score (nSPS) is 24.7. The van der Waals surface area contributed by atoms with E-state index in [1.165, 1.54) is 0 Å². The quantitative estimate of drug-likeness (QED) is 0.159. The van der Waals surface area contributed by atoms with Crippen LogP contribution in [0.2, 0.25) is 0 Å². The first kappa shape index (κ1) is 29.3. The minimum Gasteiger partial charge on any atom is -0.392 e. The summed E-state index contributed by atoms with van der Waals surface area (Å²) in [6.45, 7) is 10.0. The zero-order valence-electron chi connectivity index (χ0n) is 18.6. The van der Waals surface area contributed by atoms with Gasteiger partial charge in [0.2, 0.25) is 0 Å². The van der Waals surface area contributed by atoms with Crippen molar-refractivity contribution in [3.05, 3.63) is 54.5 Å². The predicted octanol–water partition coefficient (Wildman–Crippen LogP) is 6.96. The molecule has 0 aliphatic heterocycles. The van der Waals surface area contributed by atoms with Crippen molar-refractivity contribution in [2.45, 2.75) is 95.6 Å². The van der Waals surface area contributed by atoms with Crippen LogP contribution in [0.4, 0.5) is 0 Å². The van der Waals surface area contributed by atoms with Crippen LogP contribution in [-0.2, 0) is 32.7 Å². The molecule has 4 heteroatoms. The Labute approximate surface area is 209 Å². The van der Waals surface area contributed by atoms with E-state index >= 15 is 0 Å². The molecule has 3 unspecified atom stereocenters. The van der Waals surface area contributed by atoms with Crippen LogP contribution in [0.3, 0.4) is 0 Å². The van der Waals surface area contributed by atoms with E-state index in [4.69, 9.17) is 11.6 Å². The monoisotopic (exact) mass is 496 g/mol. The van der Waals surface area contributed by atoms with Crippen LogP contribution in [0, 0.1) is 12.8 Å². The van der Waals surface area contributed by atoms with Gasteiger partial charge in [0.25, 0.3) is 0 Å². The summed E-state index contributed by atoms with van der Waals surface area (Å²) in [7, 11) is 0. The molecule has 0 saturated heterocycles. The molecule has 0 heterocycles. The molecule has 1 saturated carbocycles. The topological polar surface area (TPSA) is 40.5 Å². The van der Waals surface area contributed by atoms with Gasteiger partial charge in [-0.05, 0) is 36.3 Å². The number of benzene rings is 1. The third-order valence-electron chi connectivity index (χ3n) is 5.54. The van der Waals surface area contributed by atoms with E-state index in [-0.39, 0.29) is 49.9 Å². The number of halogens is 1. The maximum atomic E-state index is 10.5. The summed E-state index contributed by atoms with van der Waals surface area (Å²) in [5.74, 6) is 0.307. The van der Waals surface area contributed by atoms with Gasteiger partial charge < -0.3 is 17.1 Å². The van der Waals surface area contributed by atoms with Crippen LogP contribution in [0.15, 0.2) is 36.4 Å². The van der Waals surface area contributed by atoms with Crippen LogP contribution in [0.5, 0.6) is 0 Å². The Bertz CT molecular complexity index is 546. The molecule has 0 aromatic heterocycles. The van der Waals surface area contributed by atoms with E-state index < -0.39 is 12.2 Å². The number of aliphatic hydroxyl groups is 2. The smallest absolute Gasteiger partial charge is 0.0790 e. The molecule has 1 radical (unpaired) electrons. The molecule has 1 aromatic rings. The van der Waals surface area contributed by atoms with Crippen LogP contribution in [0.1, 0.15) is 95.3 Å². The van der Waals surface area contributed by atoms with Crippen LogP contribution < -0.4 is 0 Å². The zero-order valence-corrected chi connectivity index (χ0v) is 22.2. The summed E-state index contributed by atoms with van der Waals surface area (Å²) in [6.07, 6.45) is 11.1. The summed E-state index contributed by atoms with van der Waals surface area (Å²) >= 11 is 6.54. The second-order valence-corrected chi connectivity index (χ2v) is 8.10. The second-order valence-electron chi connectivity index (χ2n) is 7.54. The number of hydrogen-bond donors (Lipinski definition) is 2. The number of allylic oxidation sites excluding steroid dienone is 2. The van der Waals surface area contributed by atoms with Crippen molar-refractivity contribution in [1.29, 1.82) is 0 Å². The SMILES string of the molecule is CC.[CH2-]CCC=CCC1C(c2ccc(C(O)CCCCC)cc2)[C@H](O)C[C@H]1Cl.[Y]. The van der Waals surface area contributed by atoms with Crippen LogP contribution in [0.25, 0.3) is 0 Å². The summed E-state index contributed by atoms with van der Waals surface area (Å²) in [4.78, 5) is 0. The van der Waals surface area contributed by atoms with E-state index in [9.17, 15) is 10.2 Å². The molecule has 163 valence electrons. The average Bonchev–Trinajstić information content (AvgIpc) is 3.00. The maximum Gasteiger partial charge on any atom is 0.0790 e. The molecule has 5 atom stereocenters. The van der Waals surface area contributed by atoms with E-state index in [2.05, 4.69) is 38.1 Å². The zero-order chi connectivity index (χ0) is 20.9. The molecule has 0 amide bonds. The van der Waals surface area contributed by atoms with Gasteiger partial charge in [-0.1, -0.05) is 82.9 Å². The van der Waals surface area contributed by atoms with E-state index in [0.29, 0.717) is 6.42 Å². The van der Waals surface area contributed by atoms with Gasteiger partial charge in [0, 0.05) is 44.0 Å². The van der Waals surface area contributed by atoms with Crippen molar-refractivity contribution >= 4 is 11.6 Å². The van der Waals surface area contributed by atoms with Crippen LogP contribution >= 0.6 is 11.6 Å². The number of unbranched alkanes of at least 4 members (excludes halogenated alkanes) is 3. The summed E-state index contributed by atoms with van der Waals surface area (Å²) in [5, 5.41) is 20.9. The average molecular weight is 497 g/mol. The van der Waals surface area contributed by atoms with Crippen molar-refractivity contribution < 1.29 is 42.9 Å². The molecule has 29 heavy (non-hydrogen) atoms. The Kier molecular flexibility index (Phi) is 17.1. The first-order chi connectivity index (χ1) is 13.6. The fraction of sp³-hybridized carbons (Fsp3) is 0.640. The fourth-order valence-corrected chi connectivity index (χ4v) is 4.45. The molecule has 2 nitrogen and oxygen atoms in total. The van der Waals surface area contributed by atoms with Crippen molar-refractivity contribution in [2.75, 3.05) is 0 Å². The minimum absolute atomic E-state index is 0. The molecule has 1 aliphatic carbocycles. The van der Waals surface area contributed by atoms with E-state index in [0.717, 1.165) is 56.1 Å². The Morgan fingerprint density at radius 1 is 1.17 bits per heavy atom. The molecule has 0 spiro atoms. The molecule has 1 aromatic carbocycles. The third kappa shape index (κ3) is 9.52. The predicted molar refractivity (Wildman–Crippen MR) is 122 cm³/mol. The van der Waals surface area contributed by atoms with Crippen molar-refractivity contribution in [1.82, 2.24) is 0 Å². The number of aliphatic hydroxyl groups excluding tert-OH is 2. The molecule has 1 aliphatic rings. The summed E-state index contributed by atoms with van der Waals surface area (Å²) in [5.41, 5.74) is 2.09. The fourth-order valence-electron chi connectivity index (χ4n) is 4.01.